The van der Waals surface area contributed by atoms with Crippen LogP contribution in [0.3, 0.4) is 0 Å². The highest BCUT2D eigenvalue weighted by atomic mass is 35.5. The molecule has 184 valence electrons. The van der Waals surface area contributed by atoms with E-state index in [4.69, 9.17) is 20.8 Å². The van der Waals surface area contributed by atoms with Gasteiger partial charge in [0.2, 0.25) is 0 Å². The van der Waals surface area contributed by atoms with Crippen molar-refractivity contribution in [2.75, 3.05) is 6.54 Å². The Kier molecular flexibility index (Phi) is 7.97. The summed E-state index contributed by atoms with van der Waals surface area (Å²) in [5.41, 5.74) is 1.37. The fraction of sp³-hybridized carbons (Fsp3) is 0.417. The SMILES string of the molecule is Cc1cc(OCc2ccc(C(=O)NCCCn3nc(C(F)(F)F)cc3C)o2)c(C(C)C)cc1Cl. The molecule has 0 saturated carbocycles. The molecule has 0 aliphatic rings. The summed E-state index contributed by atoms with van der Waals surface area (Å²) in [6, 6.07) is 8.00. The van der Waals surface area contributed by atoms with Gasteiger partial charge in [-0.05, 0) is 67.6 Å². The van der Waals surface area contributed by atoms with Crippen molar-refractivity contribution in [1.82, 2.24) is 15.1 Å². The van der Waals surface area contributed by atoms with Gasteiger partial charge in [0.1, 0.15) is 18.1 Å². The predicted octanol–water partition coefficient (Wildman–Crippen LogP) is 6.29. The van der Waals surface area contributed by atoms with Crippen molar-refractivity contribution >= 4 is 17.5 Å². The van der Waals surface area contributed by atoms with Crippen molar-refractivity contribution in [2.24, 2.45) is 0 Å². The Bertz CT molecular complexity index is 1150. The molecule has 3 rings (SSSR count). The summed E-state index contributed by atoms with van der Waals surface area (Å²) >= 11 is 6.23. The molecular formula is C24H27ClF3N3O3. The number of ether oxygens (including phenoxy) is 1. The molecule has 1 amide bonds. The van der Waals surface area contributed by atoms with E-state index in [1.54, 1.807) is 19.1 Å². The first-order valence-corrected chi connectivity index (χ1v) is 11.2. The number of amides is 1. The highest BCUT2D eigenvalue weighted by molar-refractivity contribution is 6.31. The highest BCUT2D eigenvalue weighted by Crippen LogP contribution is 2.32. The van der Waals surface area contributed by atoms with Crippen LogP contribution in [0.25, 0.3) is 0 Å². The zero-order valence-electron chi connectivity index (χ0n) is 19.4. The van der Waals surface area contributed by atoms with Crippen molar-refractivity contribution in [3.05, 3.63) is 69.4 Å². The molecule has 0 aliphatic carbocycles. The van der Waals surface area contributed by atoms with Crippen molar-refractivity contribution in [2.45, 2.75) is 59.4 Å². The zero-order valence-corrected chi connectivity index (χ0v) is 20.2. The molecule has 1 N–H and O–H groups in total. The Balaban J connectivity index is 1.50. The second-order valence-corrected chi connectivity index (χ2v) is 8.76. The van der Waals surface area contributed by atoms with Gasteiger partial charge < -0.3 is 14.5 Å². The summed E-state index contributed by atoms with van der Waals surface area (Å²) in [6.45, 7) is 8.21. The topological polar surface area (TPSA) is 69.3 Å². The molecule has 0 aliphatic heterocycles. The number of carbonyl (C=O) groups excluding carboxylic acids is 1. The van der Waals surface area contributed by atoms with E-state index in [0.717, 1.165) is 17.2 Å². The number of halogens is 4. The Morgan fingerprint density at radius 1 is 1.24 bits per heavy atom. The van der Waals surface area contributed by atoms with E-state index >= 15 is 0 Å². The van der Waals surface area contributed by atoms with E-state index in [1.165, 1.54) is 4.68 Å². The molecule has 2 aromatic heterocycles. The maximum absolute atomic E-state index is 12.7. The van der Waals surface area contributed by atoms with Crippen molar-refractivity contribution in [3.63, 3.8) is 0 Å². The number of hydrogen-bond donors (Lipinski definition) is 1. The van der Waals surface area contributed by atoms with E-state index in [1.807, 2.05) is 32.9 Å². The summed E-state index contributed by atoms with van der Waals surface area (Å²) in [5, 5.41) is 6.95. The molecule has 0 unspecified atom stereocenters. The minimum atomic E-state index is -4.48. The lowest BCUT2D eigenvalue weighted by molar-refractivity contribution is -0.141. The first-order valence-electron chi connectivity index (χ1n) is 10.9. The van der Waals surface area contributed by atoms with Crippen LogP contribution in [0.15, 0.2) is 34.7 Å². The first kappa shape index (κ1) is 25.7. The fourth-order valence-corrected chi connectivity index (χ4v) is 3.54. The number of nitrogens with zero attached hydrogens (tertiary/aromatic N) is 2. The third-order valence-electron chi connectivity index (χ3n) is 5.27. The van der Waals surface area contributed by atoms with Gasteiger partial charge in [-0.15, -0.1) is 0 Å². The highest BCUT2D eigenvalue weighted by Gasteiger charge is 2.34. The van der Waals surface area contributed by atoms with Crippen LogP contribution < -0.4 is 10.1 Å². The molecule has 0 spiro atoms. The molecule has 3 aromatic rings. The van der Waals surface area contributed by atoms with Gasteiger partial charge >= 0.3 is 6.18 Å². The van der Waals surface area contributed by atoms with Crippen LogP contribution in [-0.4, -0.2) is 22.2 Å². The quantitative estimate of drug-likeness (QED) is 0.353. The molecule has 0 saturated heterocycles. The standard InChI is InChI=1S/C24H27ClF3N3O3/c1-14(2)18-12-19(25)15(3)10-21(18)33-13-17-6-7-20(34-17)23(32)29-8-5-9-31-16(4)11-22(30-31)24(26,27)28/h6-7,10-12,14H,5,8-9,13H2,1-4H3,(H,29,32). The molecule has 1 aromatic carbocycles. The fourth-order valence-electron chi connectivity index (χ4n) is 3.37. The number of aryl methyl sites for hydroxylation is 3. The van der Waals surface area contributed by atoms with E-state index < -0.39 is 17.8 Å². The van der Waals surface area contributed by atoms with Crippen LogP contribution in [0.4, 0.5) is 13.2 Å². The summed E-state index contributed by atoms with van der Waals surface area (Å²) < 4.78 is 51.0. The molecule has 2 heterocycles. The number of benzene rings is 1. The van der Waals surface area contributed by atoms with Crippen molar-refractivity contribution in [3.8, 4) is 5.75 Å². The van der Waals surface area contributed by atoms with Gasteiger partial charge in [0.25, 0.3) is 5.91 Å². The lowest BCUT2D eigenvalue weighted by Gasteiger charge is -2.15. The van der Waals surface area contributed by atoms with E-state index in [9.17, 15) is 18.0 Å². The lowest BCUT2D eigenvalue weighted by Crippen LogP contribution is -2.25. The normalized spacial score (nSPS) is 11.8. The lowest BCUT2D eigenvalue weighted by atomic mass is 10.0. The molecule has 6 nitrogen and oxygen atoms in total. The Morgan fingerprint density at radius 3 is 2.62 bits per heavy atom. The molecule has 0 radical (unpaired) electrons. The van der Waals surface area contributed by atoms with Gasteiger partial charge in [0.05, 0.1) is 0 Å². The number of aromatic nitrogens is 2. The molecular weight excluding hydrogens is 471 g/mol. The van der Waals surface area contributed by atoms with Gasteiger partial charge in [0, 0.05) is 23.8 Å². The maximum Gasteiger partial charge on any atom is 0.435 e. The van der Waals surface area contributed by atoms with Crippen LogP contribution in [0.5, 0.6) is 5.75 Å². The third-order valence-corrected chi connectivity index (χ3v) is 5.68. The number of carbonyl (C=O) groups is 1. The predicted molar refractivity (Wildman–Crippen MR) is 122 cm³/mol. The number of alkyl halides is 3. The molecule has 34 heavy (non-hydrogen) atoms. The minimum absolute atomic E-state index is 0.129. The van der Waals surface area contributed by atoms with Crippen LogP contribution in [0, 0.1) is 13.8 Å². The molecule has 0 atom stereocenters. The Morgan fingerprint density at radius 2 is 1.97 bits per heavy atom. The van der Waals surface area contributed by atoms with Gasteiger partial charge in [-0.25, -0.2) is 0 Å². The second kappa shape index (κ2) is 10.5. The smallest absolute Gasteiger partial charge is 0.435 e. The second-order valence-electron chi connectivity index (χ2n) is 8.35. The third kappa shape index (κ3) is 6.34. The molecule has 0 bridgehead atoms. The van der Waals surface area contributed by atoms with Crippen molar-refractivity contribution < 1.29 is 27.1 Å². The van der Waals surface area contributed by atoms with Gasteiger partial charge in [-0.1, -0.05) is 25.4 Å². The van der Waals surface area contributed by atoms with Crippen LogP contribution in [-0.2, 0) is 19.3 Å². The van der Waals surface area contributed by atoms with Crippen LogP contribution in [0.2, 0.25) is 5.02 Å². The number of hydrogen-bond acceptors (Lipinski definition) is 4. The summed E-state index contributed by atoms with van der Waals surface area (Å²) in [7, 11) is 0. The van der Waals surface area contributed by atoms with E-state index in [-0.39, 0.29) is 31.4 Å². The first-order chi connectivity index (χ1) is 16.0. The number of rotatable bonds is 9. The van der Waals surface area contributed by atoms with E-state index in [0.29, 0.717) is 28.6 Å². The zero-order chi connectivity index (χ0) is 25.0. The van der Waals surface area contributed by atoms with E-state index in [2.05, 4.69) is 10.4 Å². The minimum Gasteiger partial charge on any atom is -0.485 e. The average molecular weight is 498 g/mol. The summed E-state index contributed by atoms with van der Waals surface area (Å²) in [4.78, 5) is 12.3. The summed E-state index contributed by atoms with van der Waals surface area (Å²) in [5.74, 6) is 1.13. The number of nitrogens with one attached hydrogen (secondary N) is 1. The van der Waals surface area contributed by atoms with Gasteiger partial charge in [-0.3, -0.25) is 9.48 Å². The van der Waals surface area contributed by atoms with Crippen molar-refractivity contribution in [1.29, 1.82) is 0 Å². The Hall–Kier alpha value is -2.94. The molecule has 0 fully saturated rings. The monoisotopic (exact) mass is 497 g/mol. The van der Waals surface area contributed by atoms with Gasteiger partial charge in [-0.2, -0.15) is 18.3 Å². The average Bonchev–Trinajstić information content (AvgIpc) is 3.38. The Labute approximate surface area is 201 Å². The summed E-state index contributed by atoms with van der Waals surface area (Å²) in [6.07, 6.45) is -4.07. The number of furan rings is 1. The maximum atomic E-state index is 12.7. The van der Waals surface area contributed by atoms with Crippen LogP contribution >= 0.6 is 11.6 Å². The molecule has 10 heteroatoms. The van der Waals surface area contributed by atoms with Crippen LogP contribution in [0.1, 0.15) is 65.0 Å². The van der Waals surface area contributed by atoms with Gasteiger partial charge in [0.15, 0.2) is 11.5 Å². The largest absolute Gasteiger partial charge is 0.485 e.